The van der Waals surface area contributed by atoms with Crippen LogP contribution in [0.15, 0.2) is 46.9 Å². The van der Waals surface area contributed by atoms with E-state index in [-0.39, 0.29) is 18.1 Å². The minimum Gasteiger partial charge on any atom is -0.508 e. The lowest BCUT2D eigenvalue weighted by Crippen LogP contribution is -2.15. The van der Waals surface area contributed by atoms with Crippen molar-refractivity contribution in [3.63, 3.8) is 0 Å². The number of halogens is 1. The van der Waals surface area contributed by atoms with Gasteiger partial charge >= 0.3 is 0 Å². The summed E-state index contributed by atoms with van der Waals surface area (Å²) in [5.74, 6) is -0.00804. The number of aromatic hydroxyl groups is 1. The van der Waals surface area contributed by atoms with Gasteiger partial charge in [-0.25, -0.2) is 0 Å². The molecule has 0 aliphatic carbocycles. The fourth-order valence-electron chi connectivity index (χ4n) is 1.76. The highest BCUT2D eigenvalue weighted by Gasteiger charge is 2.09. The highest BCUT2D eigenvalue weighted by atomic mass is 79.9. The number of phenols is 1. The molecule has 0 atom stereocenters. The number of rotatable bonds is 3. The first-order chi connectivity index (χ1) is 9.06. The highest BCUT2D eigenvalue weighted by Crippen LogP contribution is 2.22. The third-order valence-electron chi connectivity index (χ3n) is 2.82. The number of anilines is 1. The van der Waals surface area contributed by atoms with Crippen LogP contribution in [0.1, 0.15) is 11.1 Å². The number of phenolic OH excluding ortho intramolecular Hbond substituents is 1. The Kier molecular flexibility index (Phi) is 4.22. The maximum atomic E-state index is 12.0. The molecule has 0 spiro atoms. The molecule has 3 nitrogen and oxygen atoms in total. The zero-order chi connectivity index (χ0) is 13.8. The molecule has 0 radical (unpaired) electrons. The molecule has 1 amide bonds. The number of nitrogens with one attached hydrogen (secondary N) is 1. The Labute approximate surface area is 120 Å². The first kappa shape index (κ1) is 13.6. The largest absolute Gasteiger partial charge is 0.508 e. The Bertz CT molecular complexity index is 611. The van der Waals surface area contributed by atoms with E-state index >= 15 is 0 Å². The van der Waals surface area contributed by atoms with Gasteiger partial charge in [-0.3, -0.25) is 4.79 Å². The molecule has 0 saturated carbocycles. The zero-order valence-electron chi connectivity index (χ0n) is 10.5. The van der Waals surface area contributed by atoms with Crippen LogP contribution in [0, 0.1) is 6.92 Å². The Morgan fingerprint density at radius 3 is 2.74 bits per heavy atom. The molecule has 4 heteroatoms. The van der Waals surface area contributed by atoms with Crippen LogP contribution in [-0.4, -0.2) is 11.0 Å². The second kappa shape index (κ2) is 5.89. The van der Waals surface area contributed by atoms with E-state index in [0.717, 1.165) is 15.7 Å². The molecule has 0 bridgehead atoms. The molecule has 98 valence electrons. The quantitative estimate of drug-likeness (QED) is 0.907. The maximum absolute atomic E-state index is 12.0. The summed E-state index contributed by atoms with van der Waals surface area (Å²) >= 11 is 3.37. The van der Waals surface area contributed by atoms with Crippen LogP contribution >= 0.6 is 15.9 Å². The third kappa shape index (κ3) is 3.58. The fraction of sp³-hybridized carbons (Fsp3) is 0.133. The van der Waals surface area contributed by atoms with Crippen LogP contribution in [0.25, 0.3) is 0 Å². The predicted molar refractivity (Wildman–Crippen MR) is 79.3 cm³/mol. The van der Waals surface area contributed by atoms with Crippen molar-refractivity contribution in [2.45, 2.75) is 13.3 Å². The molecular weight excluding hydrogens is 306 g/mol. The summed E-state index contributed by atoms with van der Waals surface area (Å²) < 4.78 is 0.913. The molecular formula is C15H14BrNO2. The van der Waals surface area contributed by atoms with E-state index in [0.29, 0.717) is 5.56 Å². The first-order valence-corrected chi connectivity index (χ1v) is 6.68. The standard InChI is InChI=1S/C15H14BrNO2/c1-10-6-7-12(16)9-13(10)17-15(19)8-11-4-2-3-5-14(11)18/h2-7,9,18H,8H2,1H3,(H,17,19). The van der Waals surface area contributed by atoms with E-state index in [9.17, 15) is 9.90 Å². The van der Waals surface area contributed by atoms with Gasteiger partial charge in [-0.1, -0.05) is 40.2 Å². The van der Waals surface area contributed by atoms with Crippen LogP contribution in [0.5, 0.6) is 5.75 Å². The lowest BCUT2D eigenvalue weighted by Gasteiger charge is -2.09. The molecule has 0 unspecified atom stereocenters. The van der Waals surface area contributed by atoms with Gasteiger partial charge in [0.1, 0.15) is 5.75 Å². The van der Waals surface area contributed by atoms with E-state index < -0.39 is 0 Å². The summed E-state index contributed by atoms with van der Waals surface area (Å²) in [4.78, 5) is 12.0. The number of aryl methyl sites for hydroxylation is 1. The van der Waals surface area contributed by atoms with Gasteiger partial charge < -0.3 is 10.4 Å². The van der Waals surface area contributed by atoms with Gasteiger partial charge in [-0.05, 0) is 30.7 Å². The van der Waals surface area contributed by atoms with Crippen LogP contribution in [0.4, 0.5) is 5.69 Å². The molecule has 2 aromatic rings. The second-order valence-corrected chi connectivity index (χ2v) is 5.23. The average molecular weight is 320 g/mol. The first-order valence-electron chi connectivity index (χ1n) is 5.89. The van der Waals surface area contributed by atoms with Gasteiger partial charge in [0.25, 0.3) is 0 Å². The molecule has 2 N–H and O–H groups in total. The van der Waals surface area contributed by atoms with Crippen LogP contribution in [0.2, 0.25) is 0 Å². The summed E-state index contributed by atoms with van der Waals surface area (Å²) in [6.07, 6.45) is 0.151. The monoisotopic (exact) mass is 319 g/mol. The highest BCUT2D eigenvalue weighted by molar-refractivity contribution is 9.10. The summed E-state index contributed by atoms with van der Waals surface area (Å²) in [5, 5.41) is 12.5. The summed E-state index contributed by atoms with van der Waals surface area (Å²) in [7, 11) is 0. The Hall–Kier alpha value is -1.81. The Morgan fingerprint density at radius 1 is 1.26 bits per heavy atom. The molecule has 0 heterocycles. The summed E-state index contributed by atoms with van der Waals surface area (Å²) in [5.41, 5.74) is 2.39. The number of benzene rings is 2. The van der Waals surface area contributed by atoms with Crippen LogP contribution < -0.4 is 5.32 Å². The van der Waals surface area contributed by atoms with Gasteiger partial charge in [0, 0.05) is 15.7 Å². The smallest absolute Gasteiger partial charge is 0.228 e. The van der Waals surface area contributed by atoms with Gasteiger partial charge in [-0.2, -0.15) is 0 Å². The van der Waals surface area contributed by atoms with Crippen molar-refractivity contribution in [1.82, 2.24) is 0 Å². The normalized spacial score (nSPS) is 10.2. The van der Waals surface area contributed by atoms with Crippen molar-refractivity contribution in [3.05, 3.63) is 58.1 Å². The fourth-order valence-corrected chi connectivity index (χ4v) is 2.12. The average Bonchev–Trinajstić information content (AvgIpc) is 2.37. The molecule has 2 aromatic carbocycles. The van der Waals surface area contributed by atoms with E-state index in [2.05, 4.69) is 21.2 Å². The van der Waals surface area contributed by atoms with Crippen molar-refractivity contribution in [2.24, 2.45) is 0 Å². The van der Waals surface area contributed by atoms with Gasteiger partial charge in [0.2, 0.25) is 5.91 Å². The minimum atomic E-state index is -0.150. The molecule has 0 aliphatic rings. The van der Waals surface area contributed by atoms with Crippen molar-refractivity contribution in [1.29, 1.82) is 0 Å². The van der Waals surface area contributed by atoms with Crippen molar-refractivity contribution in [3.8, 4) is 5.75 Å². The zero-order valence-corrected chi connectivity index (χ0v) is 12.1. The number of hydrogen-bond donors (Lipinski definition) is 2. The van der Waals surface area contributed by atoms with E-state index in [1.807, 2.05) is 25.1 Å². The molecule has 0 saturated heterocycles. The van der Waals surface area contributed by atoms with Crippen molar-refractivity contribution >= 4 is 27.5 Å². The molecule has 19 heavy (non-hydrogen) atoms. The second-order valence-electron chi connectivity index (χ2n) is 4.31. The van der Waals surface area contributed by atoms with Gasteiger partial charge in [0.05, 0.1) is 6.42 Å². The topological polar surface area (TPSA) is 49.3 Å². The maximum Gasteiger partial charge on any atom is 0.228 e. The number of carbonyl (C=O) groups excluding carboxylic acids is 1. The predicted octanol–water partition coefficient (Wildman–Crippen LogP) is 3.64. The van der Waals surface area contributed by atoms with E-state index in [1.54, 1.807) is 24.3 Å². The number of amides is 1. The SMILES string of the molecule is Cc1ccc(Br)cc1NC(=O)Cc1ccccc1O. The van der Waals surface area contributed by atoms with Crippen LogP contribution in [0.3, 0.4) is 0 Å². The van der Waals surface area contributed by atoms with Crippen molar-refractivity contribution in [2.75, 3.05) is 5.32 Å². The molecule has 0 aliphatic heterocycles. The number of carbonyl (C=O) groups is 1. The Balaban J connectivity index is 2.10. The lowest BCUT2D eigenvalue weighted by atomic mass is 10.1. The van der Waals surface area contributed by atoms with Gasteiger partial charge in [0.15, 0.2) is 0 Å². The summed E-state index contributed by atoms with van der Waals surface area (Å²) in [6, 6.07) is 12.6. The Morgan fingerprint density at radius 2 is 2.00 bits per heavy atom. The van der Waals surface area contributed by atoms with E-state index in [1.165, 1.54) is 0 Å². The van der Waals surface area contributed by atoms with Crippen molar-refractivity contribution < 1.29 is 9.90 Å². The number of hydrogen-bond acceptors (Lipinski definition) is 2. The summed E-state index contributed by atoms with van der Waals surface area (Å²) in [6.45, 7) is 1.93. The molecule has 0 fully saturated rings. The van der Waals surface area contributed by atoms with Gasteiger partial charge in [-0.15, -0.1) is 0 Å². The lowest BCUT2D eigenvalue weighted by molar-refractivity contribution is -0.115. The molecule has 0 aromatic heterocycles. The molecule has 2 rings (SSSR count). The van der Waals surface area contributed by atoms with Crippen LogP contribution in [-0.2, 0) is 11.2 Å². The van der Waals surface area contributed by atoms with E-state index in [4.69, 9.17) is 0 Å². The number of para-hydroxylation sites is 1. The minimum absolute atomic E-state index is 0.142. The third-order valence-corrected chi connectivity index (χ3v) is 3.31.